The number of amides is 1. The second-order valence-electron chi connectivity index (χ2n) is 10.0. The zero-order valence-corrected chi connectivity index (χ0v) is 22.6. The summed E-state index contributed by atoms with van der Waals surface area (Å²) in [6.07, 6.45) is 4.22. The van der Waals surface area contributed by atoms with Gasteiger partial charge in [-0.05, 0) is 55.7 Å². The number of ether oxygens (including phenoxy) is 3. The Hall–Kier alpha value is -3.12. The van der Waals surface area contributed by atoms with Crippen LogP contribution >= 0.6 is 0 Å². The minimum atomic E-state index is -3.73. The molecule has 3 aromatic rings. The molecule has 208 valence electrons. The predicted molar refractivity (Wildman–Crippen MR) is 146 cm³/mol. The number of aryl methyl sites for hydroxylation is 2. The van der Waals surface area contributed by atoms with Crippen molar-refractivity contribution in [2.75, 3.05) is 69.4 Å². The van der Waals surface area contributed by atoms with Crippen molar-refractivity contribution in [2.24, 2.45) is 0 Å². The van der Waals surface area contributed by atoms with Gasteiger partial charge in [-0.2, -0.15) is 4.31 Å². The molecule has 39 heavy (non-hydrogen) atoms. The maximum Gasteiger partial charge on any atom is 0.262 e. The highest BCUT2D eigenvalue weighted by Crippen LogP contribution is 2.34. The molecular weight excluding hydrogens is 522 g/mol. The first kappa shape index (κ1) is 26.1. The molecule has 3 aliphatic rings. The van der Waals surface area contributed by atoms with E-state index in [1.54, 1.807) is 18.2 Å². The Morgan fingerprint density at radius 3 is 2.46 bits per heavy atom. The van der Waals surface area contributed by atoms with Crippen LogP contribution in [0.5, 0.6) is 5.75 Å². The van der Waals surface area contributed by atoms with E-state index in [4.69, 9.17) is 18.6 Å². The first-order valence-electron chi connectivity index (χ1n) is 13.5. The third-order valence-corrected chi connectivity index (χ3v) is 9.39. The van der Waals surface area contributed by atoms with Crippen LogP contribution in [0.25, 0.3) is 11.0 Å². The molecule has 2 saturated heterocycles. The van der Waals surface area contributed by atoms with E-state index in [1.807, 2.05) is 12.1 Å². The largest absolute Gasteiger partial charge is 0.484 e. The number of furan rings is 1. The van der Waals surface area contributed by atoms with Crippen molar-refractivity contribution in [2.45, 2.75) is 30.6 Å². The number of hydrogen-bond donors (Lipinski definition) is 1. The molecule has 0 spiro atoms. The molecule has 2 fully saturated rings. The Balaban J connectivity index is 1.21. The number of benzene rings is 2. The summed E-state index contributed by atoms with van der Waals surface area (Å²) in [4.78, 5) is 15.3. The van der Waals surface area contributed by atoms with Crippen LogP contribution in [0.3, 0.4) is 0 Å². The van der Waals surface area contributed by atoms with Gasteiger partial charge in [0.1, 0.15) is 17.1 Å². The van der Waals surface area contributed by atoms with Crippen LogP contribution < -0.4 is 15.0 Å². The summed E-state index contributed by atoms with van der Waals surface area (Å²) in [5.41, 5.74) is 3.25. The summed E-state index contributed by atoms with van der Waals surface area (Å²) in [7, 11) is -3.73. The van der Waals surface area contributed by atoms with E-state index in [1.165, 1.54) is 15.9 Å². The Morgan fingerprint density at radius 2 is 1.67 bits per heavy atom. The number of rotatable bonds is 7. The van der Waals surface area contributed by atoms with Crippen LogP contribution in [0.1, 0.15) is 24.2 Å². The second kappa shape index (κ2) is 11.2. The fraction of sp³-hybridized carbons (Fsp3) is 0.464. The van der Waals surface area contributed by atoms with E-state index < -0.39 is 10.0 Å². The SMILES string of the molecule is O=C(COc1ccc2oc3c(c2c1)CCCC3)Nc1cc(S(=O)(=O)N2CCOCC2)ccc1N1CCOCC1. The standard InChI is InChI=1S/C28H33N3O7S/c32-28(19-37-20-5-8-27-23(17-20)22-3-1-2-4-26(22)38-27)29-24-18-21(39(33,34)31-11-15-36-16-12-31)6-7-25(24)30-9-13-35-14-10-30/h5-8,17-18H,1-4,9-16,19H2,(H,29,32). The number of carbonyl (C=O) groups is 1. The molecule has 0 radical (unpaired) electrons. The van der Waals surface area contributed by atoms with Gasteiger partial charge in [-0.25, -0.2) is 8.42 Å². The van der Waals surface area contributed by atoms with Gasteiger partial charge in [-0.1, -0.05) is 0 Å². The highest BCUT2D eigenvalue weighted by Gasteiger charge is 2.28. The van der Waals surface area contributed by atoms with Gasteiger partial charge in [0.15, 0.2) is 6.61 Å². The number of fused-ring (bicyclic) bond motifs is 3. The fourth-order valence-corrected chi connectivity index (χ4v) is 6.89. The zero-order valence-electron chi connectivity index (χ0n) is 21.8. The van der Waals surface area contributed by atoms with Crippen LogP contribution in [0.2, 0.25) is 0 Å². The molecule has 0 atom stereocenters. The molecule has 2 aromatic carbocycles. The first-order chi connectivity index (χ1) is 19.0. The fourth-order valence-electron chi connectivity index (χ4n) is 5.46. The first-order valence-corrected chi connectivity index (χ1v) is 14.9. The molecule has 0 bridgehead atoms. The molecule has 2 aliphatic heterocycles. The molecule has 0 saturated carbocycles. The third-order valence-electron chi connectivity index (χ3n) is 7.50. The zero-order chi connectivity index (χ0) is 26.8. The maximum absolute atomic E-state index is 13.3. The van der Waals surface area contributed by atoms with Crippen LogP contribution in [0.15, 0.2) is 45.7 Å². The van der Waals surface area contributed by atoms with Crippen molar-refractivity contribution in [1.82, 2.24) is 4.31 Å². The number of nitrogens with zero attached hydrogens (tertiary/aromatic N) is 2. The average molecular weight is 556 g/mol. The van der Waals surface area contributed by atoms with Gasteiger partial charge in [0.25, 0.3) is 5.91 Å². The number of carbonyl (C=O) groups excluding carboxylic acids is 1. The van der Waals surface area contributed by atoms with Crippen molar-refractivity contribution < 1.29 is 31.8 Å². The number of morpholine rings is 2. The molecule has 1 aromatic heterocycles. The van der Waals surface area contributed by atoms with Gasteiger partial charge in [0.2, 0.25) is 10.0 Å². The summed E-state index contributed by atoms with van der Waals surface area (Å²) in [5, 5.41) is 3.94. The minimum absolute atomic E-state index is 0.132. The van der Waals surface area contributed by atoms with Gasteiger partial charge in [0.05, 0.1) is 42.7 Å². The van der Waals surface area contributed by atoms with E-state index >= 15 is 0 Å². The van der Waals surface area contributed by atoms with E-state index in [-0.39, 0.29) is 17.4 Å². The topological polar surface area (TPSA) is 111 Å². The maximum atomic E-state index is 13.3. The van der Waals surface area contributed by atoms with Gasteiger partial charge in [0, 0.05) is 43.5 Å². The Kier molecular flexibility index (Phi) is 7.48. The Labute approximate surface area is 227 Å². The monoisotopic (exact) mass is 555 g/mol. The molecule has 3 heterocycles. The smallest absolute Gasteiger partial charge is 0.262 e. The van der Waals surface area contributed by atoms with Crippen LogP contribution in [0, 0.1) is 0 Å². The lowest BCUT2D eigenvalue weighted by Gasteiger charge is -2.31. The molecule has 11 heteroatoms. The lowest BCUT2D eigenvalue weighted by molar-refractivity contribution is -0.118. The van der Waals surface area contributed by atoms with Gasteiger partial charge < -0.3 is 28.8 Å². The summed E-state index contributed by atoms with van der Waals surface area (Å²) in [6, 6.07) is 10.5. The summed E-state index contributed by atoms with van der Waals surface area (Å²) in [6.45, 7) is 3.51. The highest BCUT2D eigenvalue weighted by molar-refractivity contribution is 7.89. The lowest BCUT2D eigenvalue weighted by Crippen LogP contribution is -2.40. The molecule has 0 unspecified atom stereocenters. The van der Waals surface area contributed by atoms with Crippen molar-refractivity contribution in [3.8, 4) is 5.75 Å². The van der Waals surface area contributed by atoms with Gasteiger partial charge in [-0.15, -0.1) is 0 Å². The summed E-state index contributed by atoms with van der Waals surface area (Å²) < 4.78 is 50.7. The number of anilines is 2. The highest BCUT2D eigenvalue weighted by atomic mass is 32.2. The normalized spacial score (nSPS) is 18.6. The van der Waals surface area contributed by atoms with E-state index in [0.29, 0.717) is 64.0 Å². The Bertz CT molecular complexity index is 1460. The van der Waals surface area contributed by atoms with Gasteiger partial charge in [-0.3, -0.25) is 4.79 Å². The molecule has 10 nitrogen and oxygen atoms in total. The van der Waals surface area contributed by atoms with Crippen molar-refractivity contribution in [3.05, 3.63) is 47.7 Å². The summed E-state index contributed by atoms with van der Waals surface area (Å²) in [5.74, 6) is 1.26. The van der Waals surface area contributed by atoms with Crippen molar-refractivity contribution in [3.63, 3.8) is 0 Å². The van der Waals surface area contributed by atoms with Crippen molar-refractivity contribution in [1.29, 1.82) is 0 Å². The summed E-state index contributed by atoms with van der Waals surface area (Å²) >= 11 is 0. The third kappa shape index (κ3) is 5.49. The second-order valence-corrected chi connectivity index (χ2v) is 11.9. The molecule has 1 N–H and O–H groups in total. The molecule has 1 amide bonds. The van der Waals surface area contributed by atoms with E-state index in [9.17, 15) is 13.2 Å². The van der Waals surface area contributed by atoms with Gasteiger partial charge >= 0.3 is 0 Å². The number of hydrogen-bond acceptors (Lipinski definition) is 8. The van der Waals surface area contributed by atoms with Crippen LogP contribution in [0.4, 0.5) is 11.4 Å². The minimum Gasteiger partial charge on any atom is -0.484 e. The van der Waals surface area contributed by atoms with Crippen LogP contribution in [-0.2, 0) is 37.1 Å². The van der Waals surface area contributed by atoms with E-state index in [2.05, 4.69) is 10.2 Å². The Morgan fingerprint density at radius 1 is 0.923 bits per heavy atom. The number of nitrogens with one attached hydrogen (secondary N) is 1. The molecule has 6 rings (SSSR count). The molecular formula is C28H33N3O7S. The lowest BCUT2D eigenvalue weighted by atomic mass is 9.96. The predicted octanol–water partition coefficient (Wildman–Crippen LogP) is 3.19. The molecule has 1 aliphatic carbocycles. The van der Waals surface area contributed by atoms with Crippen molar-refractivity contribution >= 4 is 38.3 Å². The van der Waals surface area contributed by atoms with Crippen LogP contribution in [-0.4, -0.2) is 77.8 Å². The number of sulfonamides is 1. The van der Waals surface area contributed by atoms with E-state index in [0.717, 1.165) is 48.1 Å². The average Bonchev–Trinajstić information content (AvgIpc) is 3.35. The quantitative estimate of drug-likeness (QED) is 0.473.